The van der Waals surface area contributed by atoms with Gasteiger partial charge in [0.05, 0.1) is 16.4 Å². The molecule has 3 nitrogen and oxygen atoms in total. The molecule has 0 saturated heterocycles. The molecule has 0 atom stereocenters. The van der Waals surface area contributed by atoms with Gasteiger partial charge in [-0.3, -0.25) is 0 Å². The summed E-state index contributed by atoms with van der Waals surface area (Å²) in [6.45, 7) is 1.96. The predicted octanol–water partition coefficient (Wildman–Crippen LogP) is 4.08. The van der Waals surface area contributed by atoms with E-state index in [1.54, 1.807) is 6.20 Å². The zero-order chi connectivity index (χ0) is 12.4. The Labute approximate surface area is 122 Å². The maximum absolute atomic E-state index is 5.79. The number of nitrogens with one attached hydrogen (secondary N) is 1. The van der Waals surface area contributed by atoms with Crippen LogP contribution >= 0.6 is 38.5 Å². The van der Waals surface area contributed by atoms with Crippen molar-refractivity contribution in [2.75, 3.05) is 11.1 Å². The number of nitrogens with two attached hydrogens (primary N) is 1. The monoisotopic (exact) mass is 403 g/mol. The van der Waals surface area contributed by atoms with Crippen molar-refractivity contribution in [3.8, 4) is 0 Å². The second-order valence-electron chi connectivity index (χ2n) is 3.64. The van der Waals surface area contributed by atoms with E-state index >= 15 is 0 Å². The molecule has 2 rings (SSSR count). The molecule has 0 saturated carbocycles. The highest BCUT2D eigenvalue weighted by Gasteiger charge is 2.07. The Morgan fingerprint density at radius 3 is 2.88 bits per heavy atom. The fraction of sp³-hybridized carbons (Fsp3) is 0.0833. The van der Waals surface area contributed by atoms with Crippen LogP contribution < -0.4 is 11.1 Å². The number of halogens is 2. The van der Waals surface area contributed by atoms with E-state index in [2.05, 4.69) is 54.9 Å². The topological polar surface area (TPSA) is 50.9 Å². The van der Waals surface area contributed by atoms with Crippen LogP contribution in [0, 0.1) is 10.5 Å². The van der Waals surface area contributed by atoms with Gasteiger partial charge in [-0.1, -0.05) is 6.07 Å². The number of benzene rings is 1. The largest absolute Gasteiger partial charge is 0.397 e. The minimum atomic E-state index is 0.685. The van der Waals surface area contributed by atoms with Crippen LogP contribution in [0.1, 0.15) is 5.56 Å². The Bertz CT molecular complexity index is 557. The minimum absolute atomic E-state index is 0.685. The van der Waals surface area contributed by atoms with Crippen molar-refractivity contribution in [1.29, 1.82) is 0 Å². The lowest BCUT2D eigenvalue weighted by Crippen LogP contribution is -1.99. The van der Waals surface area contributed by atoms with Crippen molar-refractivity contribution in [3.63, 3.8) is 0 Å². The zero-order valence-electron chi connectivity index (χ0n) is 9.17. The molecule has 0 aliphatic carbocycles. The van der Waals surface area contributed by atoms with Gasteiger partial charge in [0.25, 0.3) is 0 Å². The Balaban J connectivity index is 2.34. The second-order valence-corrected chi connectivity index (χ2v) is 5.68. The van der Waals surface area contributed by atoms with E-state index in [0.717, 1.165) is 21.5 Å². The summed E-state index contributed by atoms with van der Waals surface area (Å²) in [5.74, 6) is 0.777. The molecule has 0 bridgehead atoms. The minimum Gasteiger partial charge on any atom is -0.397 e. The zero-order valence-corrected chi connectivity index (χ0v) is 12.9. The first-order valence-electron chi connectivity index (χ1n) is 5.01. The van der Waals surface area contributed by atoms with Crippen LogP contribution in [0.3, 0.4) is 0 Å². The first kappa shape index (κ1) is 12.6. The molecule has 3 N–H and O–H groups in total. The Kier molecular flexibility index (Phi) is 3.88. The van der Waals surface area contributed by atoms with Crippen LogP contribution in [0.25, 0.3) is 0 Å². The van der Waals surface area contributed by atoms with Crippen LogP contribution in [0.15, 0.2) is 34.9 Å². The number of hydrogen-bond donors (Lipinski definition) is 2. The first-order valence-corrected chi connectivity index (χ1v) is 6.88. The van der Waals surface area contributed by atoms with Gasteiger partial charge in [-0.05, 0) is 69.2 Å². The van der Waals surface area contributed by atoms with Gasteiger partial charge in [0, 0.05) is 9.26 Å². The molecular formula is C12H11BrIN3. The van der Waals surface area contributed by atoms with Crippen molar-refractivity contribution in [2.45, 2.75) is 6.92 Å². The lowest BCUT2D eigenvalue weighted by Gasteiger charge is -2.11. The molecule has 0 unspecified atom stereocenters. The average Bonchev–Trinajstić information content (AvgIpc) is 2.30. The molecule has 1 aromatic carbocycles. The summed E-state index contributed by atoms with van der Waals surface area (Å²) in [5, 5.41) is 3.26. The van der Waals surface area contributed by atoms with Gasteiger partial charge in [-0.25, -0.2) is 4.98 Å². The summed E-state index contributed by atoms with van der Waals surface area (Å²) >= 11 is 5.78. The fourth-order valence-electron chi connectivity index (χ4n) is 1.38. The van der Waals surface area contributed by atoms with Gasteiger partial charge >= 0.3 is 0 Å². The predicted molar refractivity (Wildman–Crippen MR) is 83.5 cm³/mol. The van der Waals surface area contributed by atoms with Crippen LogP contribution in [0.2, 0.25) is 0 Å². The van der Waals surface area contributed by atoms with Gasteiger partial charge in [-0.2, -0.15) is 0 Å². The summed E-state index contributed by atoms with van der Waals surface area (Å²) in [7, 11) is 0. The third-order valence-electron chi connectivity index (χ3n) is 2.39. The highest BCUT2D eigenvalue weighted by Crippen LogP contribution is 2.30. The van der Waals surface area contributed by atoms with Gasteiger partial charge < -0.3 is 11.1 Å². The molecule has 1 aromatic heterocycles. The van der Waals surface area contributed by atoms with E-state index in [1.165, 1.54) is 3.57 Å². The van der Waals surface area contributed by atoms with E-state index in [9.17, 15) is 0 Å². The molecule has 1 heterocycles. The molecule has 0 aliphatic rings. The van der Waals surface area contributed by atoms with Crippen LogP contribution in [0.5, 0.6) is 0 Å². The first-order chi connectivity index (χ1) is 8.08. The standard InChI is InChI=1S/C12H11BrIN3/c1-7-10(15)6-16-12(11(7)13)17-9-4-2-3-8(14)5-9/h2-6H,15H2,1H3,(H,16,17). The van der Waals surface area contributed by atoms with Crippen LogP contribution in [-0.4, -0.2) is 4.98 Å². The SMILES string of the molecule is Cc1c(N)cnc(Nc2cccc(I)c2)c1Br. The fourth-order valence-corrected chi connectivity index (χ4v) is 2.36. The van der Waals surface area contributed by atoms with Crippen LogP contribution in [0.4, 0.5) is 17.2 Å². The maximum Gasteiger partial charge on any atom is 0.145 e. The average molecular weight is 404 g/mol. The molecule has 0 fully saturated rings. The molecule has 0 spiro atoms. The number of nitrogens with zero attached hydrogens (tertiary/aromatic N) is 1. The number of nitrogen functional groups attached to an aromatic ring is 1. The molecule has 0 radical (unpaired) electrons. The number of hydrogen-bond acceptors (Lipinski definition) is 3. The molecule has 5 heteroatoms. The van der Waals surface area contributed by atoms with Crippen molar-refractivity contribution < 1.29 is 0 Å². The second kappa shape index (κ2) is 5.22. The molecule has 17 heavy (non-hydrogen) atoms. The van der Waals surface area contributed by atoms with E-state index in [4.69, 9.17) is 5.73 Å². The number of pyridine rings is 1. The lowest BCUT2D eigenvalue weighted by atomic mass is 10.2. The quantitative estimate of drug-likeness (QED) is 0.742. The molecule has 0 aliphatic heterocycles. The summed E-state index contributed by atoms with van der Waals surface area (Å²) in [4.78, 5) is 4.28. The normalized spacial score (nSPS) is 10.3. The van der Waals surface area contributed by atoms with Crippen molar-refractivity contribution in [3.05, 3.63) is 44.1 Å². The summed E-state index contributed by atoms with van der Waals surface area (Å²) in [5.41, 5.74) is 8.47. The van der Waals surface area contributed by atoms with E-state index in [1.807, 2.05) is 25.1 Å². The van der Waals surface area contributed by atoms with Crippen molar-refractivity contribution in [1.82, 2.24) is 4.98 Å². The molecular weight excluding hydrogens is 393 g/mol. The van der Waals surface area contributed by atoms with Gasteiger partial charge in [0.1, 0.15) is 5.82 Å². The third kappa shape index (κ3) is 2.90. The van der Waals surface area contributed by atoms with Crippen LogP contribution in [-0.2, 0) is 0 Å². The van der Waals surface area contributed by atoms with Gasteiger partial charge in [-0.15, -0.1) is 0 Å². The highest BCUT2D eigenvalue weighted by molar-refractivity contribution is 14.1. The molecule has 2 aromatic rings. The van der Waals surface area contributed by atoms with E-state index in [0.29, 0.717) is 5.69 Å². The Hall–Kier alpha value is -0.820. The summed E-state index contributed by atoms with van der Waals surface area (Å²) in [6, 6.07) is 8.10. The number of rotatable bonds is 2. The van der Waals surface area contributed by atoms with E-state index in [-0.39, 0.29) is 0 Å². The highest BCUT2D eigenvalue weighted by atomic mass is 127. The Morgan fingerprint density at radius 2 is 2.18 bits per heavy atom. The third-order valence-corrected chi connectivity index (χ3v) is 4.03. The number of aromatic nitrogens is 1. The number of anilines is 3. The summed E-state index contributed by atoms with van der Waals surface area (Å²) in [6.07, 6.45) is 1.66. The van der Waals surface area contributed by atoms with Crippen molar-refractivity contribution >= 4 is 55.7 Å². The van der Waals surface area contributed by atoms with E-state index < -0.39 is 0 Å². The molecule has 0 amide bonds. The van der Waals surface area contributed by atoms with Gasteiger partial charge in [0.15, 0.2) is 0 Å². The smallest absolute Gasteiger partial charge is 0.145 e. The summed E-state index contributed by atoms with van der Waals surface area (Å²) < 4.78 is 2.08. The van der Waals surface area contributed by atoms with Gasteiger partial charge in [0.2, 0.25) is 0 Å². The Morgan fingerprint density at radius 1 is 1.41 bits per heavy atom. The lowest BCUT2D eigenvalue weighted by molar-refractivity contribution is 1.25. The van der Waals surface area contributed by atoms with Crippen molar-refractivity contribution in [2.24, 2.45) is 0 Å². The molecule has 88 valence electrons. The maximum atomic E-state index is 5.79.